The van der Waals surface area contributed by atoms with Crippen LogP contribution in [0.4, 0.5) is 0 Å². The van der Waals surface area contributed by atoms with E-state index in [2.05, 4.69) is 34.7 Å². The van der Waals surface area contributed by atoms with Gasteiger partial charge in [0.15, 0.2) is 0 Å². The molecule has 70 valence electrons. The Morgan fingerprint density at radius 3 is 2.69 bits per heavy atom. The fourth-order valence-electron chi connectivity index (χ4n) is 1.42. The summed E-state index contributed by atoms with van der Waals surface area (Å²) in [5.41, 5.74) is 1.24. The van der Waals surface area contributed by atoms with Crippen LogP contribution in [0, 0.1) is 0 Å². The molecule has 0 radical (unpaired) electrons. The van der Waals surface area contributed by atoms with Crippen LogP contribution in [-0.4, -0.2) is 10.9 Å². The van der Waals surface area contributed by atoms with Crippen LogP contribution in [-0.2, 0) is 9.47 Å². The van der Waals surface area contributed by atoms with Gasteiger partial charge < -0.3 is 9.47 Å². The standard InChI is InChI=1S/C10H11IO2/c11-10-12-7-6-9(13-10)8-4-2-1-3-5-8/h1-5,9-10H,6-7H2/t9-,10-/m1/s1. The van der Waals surface area contributed by atoms with Gasteiger partial charge in [-0.2, -0.15) is 0 Å². The molecule has 1 fully saturated rings. The van der Waals surface area contributed by atoms with Gasteiger partial charge in [-0.05, 0) is 28.2 Å². The van der Waals surface area contributed by atoms with Gasteiger partial charge in [0.25, 0.3) is 0 Å². The Labute approximate surface area is 91.4 Å². The van der Waals surface area contributed by atoms with Crippen LogP contribution in [0.3, 0.4) is 0 Å². The third-order valence-corrected chi connectivity index (χ3v) is 2.72. The summed E-state index contributed by atoms with van der Waals surface area (Å²) in [4.78, 5) is 0. The topological polar surface area (TPSA) is 18.5 Å². The van der Waals surface area contributed by atoms with Crippen LogP contribution >= 0.6 is 22.6 Å². The summed E-state index contributed by atoms with van der Waals surface area (Å²) in [6.45, 7) is 0.785. The molecule has 2 rings (SSSR count). The smallest absolute Gasteiger partial charge is 0.211 e. The fourth-order valence-corrected chi connectivity index (χ4v) is 2.03. The molecule has 3 heteroatoms. The lowest BCUT2D eigenvalue weighted by atomic mass is 10.1. The van der Waals surface area contributed by atoms with E-state index in [4.69, 9.17) is 9.47 Å². The molecule has 0 amide bonds. The molecule has 2 atom stereocenters. The van der Waals surface area contributed by atoms with Crippen molar-refractivity contribution in [2.24, 2.45) is 0 Å². The molecule has 0 aromatic heterocycles. The predicted octanol–water partition coefficient (Wildman–Crippen LogP) is 2.88. The highest BCUT2D eigenvalue weighted by molar-refractivity contribution is 14.1. The summed E-state index contributed by atoms with van der Waals surface area (Å²) in [5.74, 6) is 0. The van der Waals surface area contributed by atoms with Crippen LogP contribution in [0.25, 0.3) is 0 Å². The molecule has 1 heterocycles. The van der Waals surface area contributed by atoms with E-state index in [0.29, 0.717) is 0 Å². The number of hydrogen-bond donors (Lipinski definition) is 0. The second-order valence-corrected chi connectivity index (χ2v) is 3.99. The monoisotopic (exact) mass is 290 g/mol. The number of alkyl halides is 1. The normalized spacial score (nSPS) is 28.7. The largest absolute Gasteiger partial charge is 0.344 e. The maximum Gasteiger partial charge on any atom is 0.211 e. The number of benzene rings is 1. The summed E-state index contributed by atoms with van der Waals surface area (Å²) in [6.07, 6.45) is 1.15. The van der Waals surface area contributed by atoms with Gasteiger partial charge in [-0.1, -0.05) is 30.3 Å². The second kappa shape index (κ2) is 4.39. The molecule has 0 aliphatic carbocycles. The highest BCUT2D eigenvalue weighted by Crippen LogP contribution is 2.29. The first-order chi connectivity index (χ1) is 6.36. The first kappa shape index (κ1) is 9.43. The Morgan fingerprint density at radius 2 is 2.00 bits per heavy atom. The summed E-state index contributed by atoms with van der Waals surface area (Å²) in [6, 6.07) is 10.3. The second-order valence-electron chi connectivity index (χ2n) is 2.97. The van der Waals surface area contributed by atoms with E-state index in [0.717, 1.165) is 13.0 Å². The first-order valence-corrected chi connectivity index (χ1v) is 5.57. The first-order valence-electron chi connectivity index (χ1n) is 4.32. The van der Waals surface area contributed by atoms with Gasteiger partial charge in [0.2, 0.25) is 4.30 Å². The SMILES string of the molecule is I[C@@H]1OCC[C@H](c2ccccc2)O1. The van der Waals surface area contributed by atoms with Crippen LogP contribution in [0.1, 0.15) is 18.1 Å². The van der Waals surface area contributed by atoms with E-state index in [-0.39, 0.29) is 10.4 Å². The Hall–Kier alpha value is -0.130. The summed E-state index contributed by atoms with van der Waals surface area (Å²) >= 11 is 2.15. The minimum absolute atomic E-state index is 0.100. The molecular formula is C10H11IO2. The average molecular weight is 290 g/mol. The van der Waals surface area contributed by atoms with Gasteiger partial charge in [-0.15, -0.1) is 0 Å². The van der Waals surface area contributed by atoms with Crippen LogP contribution < -0.4 is 0 Å². The molecule has 1 aliphatic rings. The third-order valence-electron chi connectivity index (χ3n) is 2.07. The minimum atomic E-state index is -0.100. The third kappa shape index (κ3) is 2.42. The highest BCUT2D eigenvalue weighted by atomic mass is 127. The lowest BCUT2D eigenvalue weighted by Crippen LogP contribution is -2.22. The van der Waals surface area contributed by atoms with Gasteiger partial charge in [0, 0.05) is 6.42 Å². The minimum Gasteiger partial charge on any atom is -0.344 e. The van der Waals surface area contributed by atoms with E-state index in [1.54, 1.807) is 0 Å². The molecule has 1 aliphatic heterocycles. The van der Waals surface area contributed by atoms with Gasteiger partial charge >= 0.3 is 0 Å². The molecule has 0 bridgehead atoms. The van der Waals surface area contributed by atoms with Gasteiger partial charge in [-0.3, -0.25) is 0 Å². The van der Waals surface area contributed by atoms with Crippen molar-refractivity contribution in [3.05, 3.63) is 35.9 Å². The Balaban J connectivity index is 2.08. The van der Waals surface area contributed by atoms with Crippen LogP contribution in [0.2, 0.25) is 0 Å². The molecule has 2 nitrogen and oxygen atoms in total. The van der Waals surface area contributed by atoms with E-state index < -0.39 is 0 Å². The average Bonchev–Trinajstić information content (AvgIpc) is 2.19. The summed E-state index contributed by atoms with van der Waals surface area (Å²) < 4.78 is 10.8. The number of hydrogen-bond acceptors (Lipinski definition) is 2. The molecule has 1 aromatic rings. The van der Waals surface area contributed by atoms with Crippen molar-refractivity contribution in [2.75, 3.05) is 6.61 Å². The van der Waals surface area contributed by atoms with Crippen molar-refractivity contribution < 1.29 is 9.47 Å². The fraction of sp³-hybridized carbons (Fsp3) is 0.400. The molecule has 1 aromatic carbocycles. The van der Waals surface area contributed by atoms with Crippen molar-refractivity contribution in [3.8, 4) is 0 Å². The summed E-state index contributed by atoms with van der Waals surface area (Å²) in [5, 5.41) is 0. The van der Waals surface area contributed by atoms with Crippen molar-refractivity contribution in [1.82, 2.24) is 0 Å². The van der Waals surface area contributed by atoms with Crippen molar-refractivity contribution >= 4 is 22.6 Å². The number of rotatable bonds is 1. The molecular weight excluding hydrogens is 279 g/mol. The Bertz CT molecular complexity index is 263. The van der Waals surface area contributed by atoms with Crippen molar-refractivity contribution in [2.45, 2.75) is 16.8 Å². The van der Waals surface area contributed by atoms with Gasteiger partial charge in [-0.25, -0.2) is 0 Å². The van der Waals surface area contributed by atoms with Crippen LogP contribution in [0.15, 0.2) is 30.3 Å². The zero-order valence-corrected chi connectivity index (χ0v) is 9.31. The maximum atomic E-state index is 5.64. The molecule has 0 spiro atoms. The van der Waals surface area contributed by atoms with E-state index in [9.17, 15) is 0 Å². The lowest BCUT2D eigenvalue weighted by Gasteiger charge is -2.27. The Kier molecular flexibility index (Phi) is 3.18. The van der Waals surface area contributed by atoms with Gasteiger partial charge in [0.05, 0.1) is 12.7 Å². The molecule has 0 saturated carbocycles. The summed E-state index contributed by atoms with van der Waals surface area (Å²) in [7, 11) is 0. The predicted molar refractivity (Wildman–Crippen MR) is 58.6 cm³/mol. The highest BCUT2D eigenvalue weighted by Gasteiger charge is 2.21. The Morgan fingerprint density at radius 1 is 1.23 bits per heavy atom. The quantitative estimate of drug-likeness (QED) is 0.585. The zero-order chi connectivity index (χ0) is 9.10. The number of halogens is 1. The molecule has 1 saturated heterocycles. The van der Waals surface area contributed by atoms with E-state index >= 15 is 0 Å². The lowest BCUT2D eigenvalue weighted by molar-refractivity contribution is -0.154. The van der Waals surface area contributed by atoms with Crippen molar-refractivity contribution in [3.63, 3.8) is 0 Å². The van der Waals surface area contributed by atoms with Crippen molar-refractivity contribution in [1.29, 1.82) is 0 Å². The maximum absolute atomic E-state index is 5.64. The van der Waals surface area contributed by atoms with Gasteiger partial charge in [0.1, 0.15) is 0 Å². The zero-order valence-electron chi connectivity index (χ0n) is 7.15. The molecule has 0 unspecified atom stereocenters. The van der Waals surface area contributed by atoms with E-state index in [1.807, 2.05) is 18.2 Å². The van der Waals surface area contributed by atoms with Crippen LogP contribution in [0.5, 0.6) is 0 Å². The number of ether oxygens (including phenoxy) is 2. The van der Waals surface area contributed by atoms with E-state index in [1.165, 1.54) is 5.56 Å². The molecule has 13 heavy (non-hydrogen) atoms. The molecule has 0 N–H and O–H groups in total.